The number of halogens is 3. The number of nitrogens with zero attached hydrogens (tertiary/aromatic N) is 2. The highest BCUT2D eigenvalue weighted by Gasteiger charge is 2.34. The summed E-state index contributed by atoms with van der Waals surface area (Å²) in [4.78, 5) is 18.4. The number of carboxylic acid groups (broad SMARTS) is 1. The van der Waals surface area contributed by atoms with Crippen LogP contribution in [0.25, 0.3) is 0 Å². The number of carboxylic acids is 1. The molecule has 0 bridgehead atoms. The summed E-state index contributed by atoms with van der Waals surface area (Å²) in [6.45, 7) is 0. The first-order chi connectivity index (χ1) is 12.8. The van der Waals surface area contributed by atoms with Gasteiger partial charge in [0.1, 0.15) is 6.10 Å². The van der Waals surface area contributed by atoms with Crippen LogP contribution >= 0.6 is 0 Å². The summed E-state index contributed by atoms with van der Waals surface area (Å²) in [6, 6.07) is 7.34. The fourth-order valence-electron chi connectivity index (χ4n) is 3.08. The predicted octanol–water partition coefficient (Wildman–Crippen LogP) is 4.03. The molecule has 0 unspecified atom stereocenters. The van der Waals surface area contributed by atoms with Crippen LogP contribution in [0.4, 0.5) is 13.2 Å². The lowest BCUT2D eigenvalue weighted by atomic mass is 10.1. The molecule has 5 nitrogen and oxygen atoms in total. The molecule has 144 valence electrons. The molecule has 27 heavy (non-hydrogen) atoms. The molecule has 1 N–H and O–H groups in total. The molecule has 1 aliphatic rings. The first kappa shape index (κ1) is 19.1. The normalized spacial score (nSPS) is 15.1. The van der Waals surface area contributed by atoms with E-state index in [1.807, 2.05) is 0 Å². The number of aliphatic carboxylic acids is 1. The molecular weight excluding hydrogens is 361 g/mol. The number of aromatic nitrogens is 2. The van der Waals surface area contributed by atoms with Crippen molar-refractivity contribution in [2.75, 3.05) is 0 Å². The average Bonchev–Trinajstić information content (AvgIpc) is 3.08. The fourth-order valence-corrected chi connectivity index (χ4v) is 3.08. The molecule has 3 rings (SSSR count). The van der Waals surface area contributed by atoms with Crippen molar-refractivity contribution in [3.63, 3.8) is 0 Å². The topological polar surface area (TPSA) is 72.3 Å². The molecule has 0 amide bonds. The van der Waals surface area contributed by atoms with Gasteiger partial charge in [-0.3, -0.25) is 4.79 Å². The Morgan fingerprint density at radius 2 is 1.74 bits per heavy atom. The second-order valence-electron chi connectivity index (χ2n) is 6.61. The second-order valence-corrected chi connectivity index (χ2v) is 6.61. The van der Waals surface area contributed by atoms with Crippen LogP contribution in [0.1, 0.15) is 48.2 Å². The molecule has 0 saturated heterocycles. The molecule has 1 aliphatic carbocycles. The first-order valence-electron chi connectivity index (χ1n) is 8.71. The van der Waals surface area contributed by atoms with Gasteiger partial charge in [-0.1, -0.05) is 24.3 Å². The van der Waals surface area contributed by atoms with Gasteiger partial charge < -0.3 is 9.84 Å². The highest BCUT2D eigenvalue weighted by atomic mass is 19.4. The Balaban J connectivity index is 1.81. The molecule has 0 aliphatic heterocycles. The van der Waals surface area contributed by atoms with Crippen molar-refractivity contribution < 1.29 is 27.8 Å². The van der Waals surface area contributed by atoms with E-state index in [1.54, 1.807) is 24.3 Å². The summed E-state index contributed by atoms with van der Waals surface area (Å²) in [6.07, 6.45) is -1.11. The standard InChI is InChI=1S/C19H19F3N2O3/c20-19(21,22)16-11-14(23-18(24-16)27-15-3-1-2-4-15)9-12-5-7-13(8-6-12)10-17(25)26/h5-8,11,15H,1-4,9-10H2,(H,25,26). The zero-order valence-electron chi connectivity index (χ0n) is 14.5. The van der Waals surface area contributed by atoms with Gasteiger partial charge in [-0.15, -0.1) is 0 Å². The van der Waals surface area contributed by atoms with Crippen LogP contribution < -0.4 is 4.74 Å². The molecule has 0 spiro atoms. The van der Waals surface area contributed by atoms with Gasteiger partial charge >= 0.3 is 18.2 Å². The lowest BCUT2D eigenvalue weighted by molar-refractivity contribution is -0.141. The summed E-state index contributed by atoms with van der Waals surface area (Å²) in [5.74, 6) is -0.943. The monoisotopic (exact) mass is 380 g/mol. The van der Waals surface area contributed by atoms with Gasteiger partial charge in [0, 0.05) is 6.42 Å². The lowest BCUT2D eigenvalue weighted by Crippen LogP contribution is -2.17. The van der Waals surface area contributed by atoms with E-state index in [-0.39, 0.29) is 30.7 Å². The Morgan fingerprint density at radius 1 is 1.11 bits per heavy atom. The van der Waals surface area contributed by atoms with Gasteiger partial charge in [0.2, 0.25) is 0 Å². The van der Waals surface area contributed by atoms with E-state index in [4.69, 9.17) is 9.84 Å². The van der Waals surface area contributed by atoms with E-state index in [9.17, 15) is 18.0 Å². The van der Waals surface area contributed by atoms with Crippen molar-refractivity contribution in [3.05, 3.63) is 52.8 Å². The minimum atomic E-state index is -4.59. The summed E-state index contributed by atoms with van der Waals surface area (Å²) >= 11 is 0. The molecule has 1 heterocycles. The third-order valence-corrected chi connectivity index (χ3v) is 4.39. The number of alkyl halides is 3. The molecular formula is C19H19F3N2O3. The number of rotatable bonds is 6. The van der Waals surface area contributed by atoms with E-state index >= 15 is 0 Å². The summed E-state index contributed by atoms with van der Waals surface area (Å²) in [5, 5.41) is 8.79. The maximum absolute atomic E-state index is 13.2. The largest absolute Gasteiger partial charge is 0.481 e. The molecule has 1 aromatic heterocycles. The minimum absolute atomic E-state index is 0.106. The maximum atomic E-state index is 13.2. The highest BCUT2D eigenvalue weighted by molar-refractivity contribution is 5.70. The zero-order valence-corrected chi connectivity index (χ0v) is 14.5. The van der Waals surface area contributed by atoms with Crippen molar-refractivity contribution in [1.82, 2.24) is 9.97 Å². The Morgan fingerprint density at radius 3 is 2.33 bits per heavy atom. The van der Waals surface area contributed by atoms with Crippen molar-refractivity contribution in [3.8, 4) is 6.01 Å². The maximum Gasteiger partial charge on any atom is 0.433 e. The lowest BCUT2D eigenvalue weighted by Gasteiger charge is -2.14. The number of ether oxygens (including phenoxy) is 1. The highest BCUT2D eigenvalue weighted by Crippen LogP contribution is 2.30. The van der Waals surface area contributed by atoms with E-state index in [0.717, 1.165) is 37.3 Å². The SMILES string of the molecule is O=C(O)Cc1ccc(Cc2cc(C(F)(F)F)nc(OC3CCCC3)n2)cc1. The smallest absolute Gasteiger partial charge is 0.433 e. The molecule has 1 fully saturated rings. The number of benzene rings is 1. The quantitative estimate of drug-likeness (QED) is 0.819. The Bertz CT molecular complexity index is 801. The van der Waals surface area contributed by atoms with E-state index < -0.39 is 17.8 Å². The Hall–Kier alpha value is -2.64. The van der Waals surface area contributed by atoms with Crippen LogP contribution in [-0.2, 0) is 23.8 Å². The van der Waals surface area contributed by atoms with Gasteiger partial charge in [0.25, 0.3) is 0 Å². The molecule has 0 radical (unpaired) electrons. The van der Waals surface area contributed by atoms with Gasteiger partial charge in [0.05, 0.1) is 12.1 Å². The fraction of sp³-hybridized carbons (Fsp3) is 0.421. The zero-order chi connectivity index (χ0) is 19.4. The summed E-state index contributed by atoms with van der Waals surface area (Å²) < 4.78 is 45.1. The molecule has 1 aromatic carbocycles. The van der Waals surface area contributed by atoms with Gasteiger partial charge in [-0.2, -0.15) is 23.1 Å². The summed E-state index contributed by atoms with van der Waals surface area (Å²) in [5.41, 5.74) is 0.525. The number of carbonyl (C=O) groups is 1. The molecule has 0 atom stereocenters. The van der Waals surface area contributed by atoms with Crippen LogP contribution in [0.2, 0.25) is 0 Å². The second kappa shape index (κ2) is 7.94. The number of hydrogen-bond acceptors (Lipinski definition) is 4. The predicted molar refractivity (Wildman–Crippen MR) is 90.5 cm³/mol. The van der Waals surface area contributed by atoms with E-state index in [1.165, 1.54) is 0 Å². The molecule has 1 saturated carbocycles. The Kier molecular flexibility index (Phi) is 5.62. The first-order valence-corrected chi connectivity index (χ1v) is 8.71. The van der Waals surface area contributed by atoms with Crippen molar-refractivity contribution >= 4 is 5.97 Å². The van der Waals surface area contributed by atoms with Crippen LogP contribution in [0.3, 0.4) is 0 Å². The third kappa shape index (κ3) is 5.42. The van der Waals surface area contributed by atoms with Gasteiger partial charge in [-0.05, 0) is 42.9 Å². The van der Waals surface area contributed by atoms with Crippen molar-refractivity contribution in [1.29, 1.82) is 0 Å². The van der Waals surface area contributed by atoms with Crippen molar-refractivity contribution in [2.24, 2.45) is 0 Å². The third-order valence-electron chi connectivity index (χ3n) is 4.39. The molecule has 8 heteroatoms. The van der Waals surface area contributed by atoms with Crippen LogP contribution in [-0.4, -0.2) is 27.1 Å². The van der Waals surface area contributed by atoms with Gasteiger partial charge in [-0.25, -0.2) is 0 Å². The van der Waals surface area contributed by atoms with E-state index in [0.29, 0.717) is 5.56 Å². The van der Waals surface area contributed by atoms with Crippen LogP contribution in [0.5, 0.6) is 6.01 Å². The summed E-state index contributed by atoms with van der Waals surface area (Å²) in [7, 11) is 0. The van der Waals surface area contributed by atoms with Crippen LogP contribution in [0.15, 0.2) is 30.3 Å². The van der Waals surface area contributed by atoms with Crippen molar-refractivity contribution in [2.45, 2.75) is 50.8 Å². The average molecular weight is 380 g/mol. The molecule has 2 aromatic rings. The van der Waals surface area contributed by atoms with Gasteiger partial charge in [0.15, 0.2) is 5.69 Å². The number of hydrogen-bond donors (Lipinski definition) is 1. The minimum Gasteiger partial charge on any atom is -0.481 e. The van der Waals surface area contributed by atoms with E-state index in [2.05, 4.69) is 9.97 Å². The Labute approximate surface area is 154 Å². The van der Waals surface area contributed by atoms with Crippen LogP contribution in [0, 0.1) is 0 Å².